The Balaban J connectivity index is 2.71. The third-order valence-corrected chi connectivity index (χ3v) is 3.00. The van der Waals surface area contributed by atoms with Gasteiger partial charge in [-0.25, -0.2) is 9.48 Å². The maximum absolute atomic E-state index is 11.9. The summed E-state index contributed by atoms with van der Waals surface area (Å²) in [6.45, 7) is 0.397. The summed E-state index contributed by atoms with van der Waals surface area (Å²) in [5.74, 6) is -0.571. The second-order valence-electron chi connectivity index (χ2n) is 3.63. The van der Waals surface area contributed by atoms with Crippen molar-refractivity contribution >= 4 is 33.6 Å². The van der Waals surface area contributed by atoms with E-state index in [1.54, 1.807) is 0 Å². The summed E-state index contributed by atoms with van der Waals surface area (Å²) in [5.41, 5.74) is 4.89. The summed E-state index contributed by atoms with van der Waals surface area (Å²) in [4.78, 5) is 33.5. The highest BCUT2D eigenvalue weighted by atomic mass is 79.9. The van der Waals surface area contributed by atoms with E-state index in [1.807, 2.05) is 0 Å². The molecule has 1 heterocycles. The lowest BCUT2D eigenvalue weighted by Gasteiger charge is -2.10. The molecule has 0 aliphatic rings. The van der Waals surface area contributed by atoms with Crippen molar-refractivity contribution in [2.45, 2.75) is 6.54 Å². The largest absolute Gasteiger partial charge is 0.468 e. The van der Waals surface area contributed by atoms with Crippen molar-refractivity contribution in [3.63, 3.8) is 0 Å². The van der Waals surface area contributed by atoms with Crippen LogP contribution in [-0.4, -0.2) is 42.0 Å². The maximum atomic E-state index is 11.9. The van der Waals surface area contributed by atoms with Gasteiger partial charge in [0.05, 0.1) is 19.0 Å². The number of aromatic nitrogens is 2. The summed E-state index contributed by atoms with van der Waals surface area (Å²) >= 11 is 3.12. The molecule has 110 valence electrons. The molecule has 0 fully saturated rings. The first kappa shape index (κ1) is 16.0. The molecule has 1 aromatic rings. The molecule has 0 atom stereocenters. The van der Waals surface area contributed by atoms with Gasteiger partial charge in [0, 0.05) is 13.1 Å². The van der Waals surface area contributed by atoms with Gasteiger partial charge >= 0.3 is 12.0 Å². The molecule has 0 aliphatic carbocycles. The molecular weight excluding hydrogens is 334 g/mol. The smallest absolute Gasteiger partial charge is 0.327 e. The summed E-state index contributed by atoms with van der Waals surface area (Å²) in [7, 11) is 1.23. The molecule has 20 heavy (non-hydrogen) atoms. The number of carbonyl (C=O) groups is 2. The number of urea groups is 1. The summed E-state index contributed by atoms with van der Waals surface area (Å²) in [6.07, 6.45) is 1.39. The monoisotopic (exact) mass is 347 g/mol. The van der Waals surface area contributed by atoms with Crippen LogP contribution in [0.1, 0.15) is 0 Å². The van der Waals surface area contributed by atoms with Crippen molar-refractivity contribution in [1.29, 1.82) is 0 Å². The molecule has 0 aromatic carbocycles. The highest BCUT2D eigenvalue weighted by Crippen LogP contribution is 2.15. The highest BCUT2D eigenvalue weighted by molar-refractivity contribution is 9.10. The number of rotatable bonds is 6. The Labute approximate surface area is 122 Å². The van der Waals surface area contributed by atoms with Crippen molar-refractivity contribution in [2.24, 2.45) is 5.73 Å². The Hall–Kier alpha value is -2.10. The second kappa shape index (κ2) is 7.48. The lowest BCUT2D eigenvalue weighted by Crippen LogP contribution is -2.33. The Kier molecular flexibility index (Phi) is 5.97. The average molecular weight is 348 g/mol. The van der Waals surface area contributed by atoms with Gasteiger partial charge in [0.15, 0.2) is 0 Å². The van der Waals surface area contributed by atoms with E-state index in [9.17, 15) is 14.4 Å². The number of amides is 2. The Bertz CT molecular complexity index is 559. The predicted octanol–water partition coefficient (Wildman–Crippen LogP) is -0.741. The van der Waals surface area contributed by atoms with Crippen LogP contribution in [0.15, 0.2) is 15.5 Å². The number of hydrogen-bond acceptors (Lipinski definition) is 6. The quantitative estimate of drug-likeness (QED) is 0.459. The fourth-order valence-corrected chi connectivity index (χ4v) is 1.72. The van der Waals surface area contributed by atoms with Crippen LogP contribution in [0.25, 0.3) is 0 Å². The Morgan fingerprint density at radius 3 is 2.80 bits per heavy atom. The van der Waals surface area contributed by atoms with Gasteiger partial charge in [-0.2, -0.15) is 5.10 Å². The molecule has 1 aromatic heterocycles. The van der Waals surface area contributed by atoms with Crippen LogP contribution in [0.2, 0.25) is 0 Å². The molecule has 0 saturated heterocycles. The molecule has 9 nitrogen and oxygen atoms in total. The van der Waals surface area contributed by atoms with E-state index < -0.39 is 17.6 Å². The van der Waals surface area contributed by atoms with Crippen LogP contribution in [0.3, 0.4) is 0 Å². The summed E-state index contributed by atoms with van der Waals surface area (Å²) < 4.78 is 5.67. The third-order valence-electron chi connectivity index (χ3n) is 2.23. The zero-order valence-corrected chi connectivity index (χ0v) is 12.3. The number of carbonyl (C=O) groups excluding carboxylic acids is 2. The number of anilines is 1. The fourth-order valence-electron chi connectivity index (χ4n) is 1.27. The minimum atomic E-state index is -0.627. The molecule has 0 saturated carbocycles. The fraction of sp³-hybridized carbons (Fsp3) is 0.400. The first-order valence-electron chi connectivity index (χ1n) is 5.55. The topological polar surface area (TPSA) is 128 Å². The molecule has 0 aliphatic heterocycles. The van der Waals surface area contributed by atoms with E-state index in [1.165, 1.54) is 13.3 Å². The van der Waals surface area contributed by atoms with E-state index >= 15 is 0 Å². The standard InChI is InChI=1S/C10H14BrN5O4/c1-20-7(17)5-16-9(18)8(11)6(4-15-16)13-2-3-14-10(12)19/h4,13H,2-3,5H2,1H3,(H3,12,14,19). The average Bonchev–Trinajstić information content (AvgIpc) is 2.41. The summed E-state index contributed by atoms with van der Waals surface area (Å²) in [5, 5.41) is 9.13. The van der Waals surface area contributed by atoms with Crippen molar-refractivity contribution in [1.82, 2.24) is 15.1 Å². The van der Waals surface area contributed by atoms with E-state index in [0.717, 1.165) is 4.68 Å². The van der Waals surface area contributed by atoms with Gasteiger partial charge in [-0.1, -0.05) is 0 Å². The van der Waals surface area contributed by atoms with Gasteiger partial charge in [-0.05, 0) is 15.9 Å². The molecule has 10 heteroatoms. The van der Waals surface area contributed by atoms with E-state index in [-0.39, 0.29) is 11.0 Å². The van der Waals surface area contributed by atoms with Gasteiger partial charge in [0.25, 0.3) is 5.56 Å². The van der Waals surface area contributed by atoms with Crippen molar-refractivity contribution in [3.05, 3.63) is 21.0 Å². The van der Waals surface area contributed by atoms with Gasteiger partial charge < -0.3 is 21.1 Å². The third kappa shape index (κ3) is 4.53. The minimum absolute atomic E-state index is 0.232. The number of primary amides is 1. The van der Waals surface area contributed by atoms with Gasteiger partial charge in [-0.15, -0.1) is 0 Å². The van der Waals surface area contributed by atoms with E-state index in [0.29, 0.717) is 18.8 Å². The number of halogens is 1. The van der Waals surface area contributed by atoms with Crippen LogP contribution >= 0.6 is 15.9 Å². The number of esters is 1. The predicted molar refractivity (Wildman–Crippen MR) is 74.3 cm³/mol. The number of ether oxygens (including phenoxy) is 1. The maximum Gasteiger partial charge on any atom is 0.327 e. The molecule has 0 spiro atoms. The van der Waals surface area contributed by atoms with Crippen LogP contribution in [-0.2, 0) is 16.1 Å². The molecule has 4 N–H and O–H groups in total. The van der Waals surface area contributed by atoms with Crippen LogP contribution in [0.4, 0.5) is 10.5 Å². The first-order chi connectivity index (χ1) is 9.45. The van der Waals surface area contributed by atoms with Crippen LogP contribution in [0.5, 0.6) is 0 Å². The van der Waals surface area contributed by atoms with E-state index in [4.69, 9.17) is 5.73 Å². The summed E-state index contributed by atoms with van der Waals surface area (Å²) in [6, 6.07) is -0.627. The molecule has 0 bridgehead atoms. The molecule has 2 amide bonds. The highest BCUT2D eigenvalue weighted by Gasteiger charge is 2.11. The van der Waals surface area contributed by atoms with Crippen molar-refractivity contribution in [2.75, 3.05) is 25.5 Å². The number of nitrogens with two attached hydrogens (primary N) is 1. The van der Waals surface area contributed by atoms with Crippen LogP contribution < -0.4 is 21.9 Å². The number of nitrogens with one attached hydrogen (secondary N) is 2. The number of nitrogens with zero attached hydrogens (tertiary/aromatic N) is 2. The van der Waals surface area contributed by atoms with Gasteiger partial charge in [0.2, 0.25) is 0 Å². The van der Waals surface area contributed by atoms with Crippen LogP contribution in [0, 0.1) is 0 Å². The number of hydrogen-bond donors (Lipinski definition) is 3. The first-order valence-corrected chi connectivity index (χ1v) is 6.34. The minimum Gasteiger partial charge on any atom is -0.468 e. The second-order valence-corrected chi connectivity index (χ2v) is 4.42. The molecule has 0 radical (unpaired) electrons. The number of methoxy groups -OCH3 is 1. The Morgan fingerprint density at radius 2 is 2.20 bits per heavy atom. The lowest BCUT2D eigenvalue weighted by molar-refractivity contribution is -0.141. The van der Waals surface area contributed by atoms with Gasteiger partial charge in [0.1, 0.15) is 11.0 Å². The molecule has 0 unspecified atom stereocenters. The molecular formula is C10H14BrN5O4. The Morgan fingerprint density at radius 1 is 1.50 bits per heavy atom. The van der Waals surface area contributed by atoms with Gasteiger partial charge in [-0.3, -0.25) is 9.59 Å². The molecule has 1 rings (SSSR count). The zero-order valence-electron chi connectivity index (χ0n) is 10.7. The lowest BCUT2D eigenvalue weighted by atomic mass is 10.4. The SMILES string of the molecule is COC(=O)Cn1ncc(NCCNC(N)=O)c(Br)c1=O. The van der Waals surface area contributed by atoms with Crippen molar-refractivity contribution in [3.8, 4) is 0 Å². The van der Waals surface area contributed by atoms with E-state index in [2.05, 4.69) is 36.4 Å². The zero-order chi connectivity index (χ0) is 15.1. The normalized spacial score (nSPS) is 9.90. The van der Waals surface area contributed by atoms with Crippen molar-refractivity contribution < 1.29 is 14.3 Å².